The zero-order chi connectivity index (χ0) is 16.3. The highest BCUT2D eigenvalue weighted by Crippen LogP contribution is 2.60. The van der Waals surface area contributed by atoms with E-state index in [2.05, 4.69) is 19.1 Å². The molecular formula is C19H24O4. The van der Waals surface area contributed by atoms with E-state index >= 15 is 0 Å². The summed E-state index contributed by atoms with van der Waals surface area (Å²) in [6.45, 7) is 2.24. The maximum absolute atomic E-state index is 12.8. The number of unbranched alkanes of at least 4 members (excludes halogenated alkanes) is 1. The largest absolute Gasteiger partial charge is 0.396 e. The molecule has 124 valence electrons. The SMILES string of the molecule is C[C@]12CC=C3C(=O)C[C@]4(CCCCO)C=C[C@]3(O4)C1=CC[C@H]2O. The Bertz CT molecular complexity index is 646. The van der Waals surface area contributed by atoms with E-state index in [0.717, 1.165) is 30.4 Å². The Hall–Kier alpha value is -1.23. The molecule has 2 N–H and O–H groups in total. The van der Waals surface area contributed by atoms with Gasteiger partial charge in [-0.1, -0.05) is 25.2 Å². The molecule has 2 heterocycles. The van der Waals surface area contributed by atoms with Crippen molar-refractivity contribution in [3.8, 4) is 0 Å². The predicted octanol–water partition coefficient (Wildman–Crippen LogP) is 2.21. The minimum absolute atomic E-state index is 0.162. The normalized spacial score (nSPS) is 44.0. The molecular weight excluding hydrogens is 292 g/mol. The van der Waals surface area contributed by atoms with Crippen LogP contribution in [0.1, 0.15) is 45.4 Å². The number of hydrogen-bond donors (Lipinski definition) is 2. The van der Waals surface area contributed by atoms with Crippen LogP contribution in [0.25, 0.3) is 0 Å². The molecule has 23 heavy (non-hydrogen) atoms. The standard InChI is InChI=1S/C19H24O4/c1-17-8-6-13-14(21)12-18(7-2-3-11-20)9-10-19(13,23-18)15(17)4-5-16(17)22/h4,6,9-10,16,20,22H,2-3,5,7-8,11-12H2,1H3/t16-,17+,18+,19-/m1/s1. The number of carbonyl (C=O) groups excluding carboxylic acids is 1. The Morgan fingerprint density at radius 3 is 2.91 bits per heavy atom. The fourth-order valence-corrected chi connectivity index (χ4v) is 4.82. The van der Waals surface area contributed by atoms with Crippen LogP contribution >= 0.6 is 0 Å². The maximum atomic E-state index is 12.8. The Kier molecular flexibility index (Phi) is 3.25. The van der Waals surface area contributed by atoms with E-state index in [1.807, 2.05) is 12.2 Å². The summed E-state index contributed by atoms with van der Waals surface area (Å²) in [4.78, 5) is 12.8. The summed E-state index contributed by atoms with van der Waals surface area (Å²) in [5.74, 6) is 0.162. The molecule has 0 radical (unpaired) electrons. The van der Waals surface area contributed by atoms with Gasteiger partial charge in [-0.05, 0) is 43.8 Å². The lowest BCUT2D eigenvalue weighted by Crippen LogP contribution is -2.53. The molecule has 0 aromatic heterocycles. The van der Waals surface area contributed by atoms with Gasteiger partial charge in [0.1, 0.15) is 5.60 Å². The van der Waals surface area contributed by atoms with Crippen molar-refractivity contribution in [3.05, 3.63) is 35.5 Å². The van der Waals surface area contributed by atoms with Crippen molar-refractivity contribution < 1.29 is 19.7 Å². The van der Waals surface area contributed by atoms with E-state index in [0.29, 0.717) is 19.3 Å². The minimum Gasteiger partial charge on any atom is -0.396 e. The van der Waals surface area contributed by atoms with E-state index in [4.69, 9.17) is 9.84 Å². The van der Waals surface area contributed by atoms with E-state index in [1.165, 1.54) is 0 Å². The van der Waals surface area contributed by atoms with Gasteiger partial charge in [0.15, 0.2) is 5.78 Å². The number of Topliss-reactive ketones (excluding diaryl/α,β-unsaturated/α-hetero) is 1. The van der Waals surface area contributed by atoms with E-state index < -0.39 is 17.3 Å². The lowest BCUT2D eigenvalue weighted by molar-refractivity contribution is -0.139. The van der Waals surface area contributed by atoms with Crippen LogP contribution < -0.4 is 0 Å². The highest BCUT2D eigenvalue weighted by Gasteiger charge is 2.62. The number of aliphatic hydroxyl groups excluding tert-OH is 2. The van der Waals surface area contributed by atoms with Crippen molar-refractivity contribution in [1.82, 2.24) is 0 Å². The molecule has 0 saturated carbocycles. The molecule has 1 spiro atoms. The molecule has 4 aliphatic rings. The van der Waals surface area contributed by atoms with Crippen LogP contribution in [-0.4, -0.2) is 39.9 Å². The molecule has 4 heteroatoms. The molecule has 2 bridgehead atoms. The summed E-state index contributed by atoms with van der Waals surface area (Å²) in [7, 11) is 0. The highest BCUT2D eigenvalue weighted by atomic mass is 16.5. The Morgan fingerprint density at radius 1 is 1.30 bits per heavy atom. The van der Waals surface area contributed by atoms with Gasteiger partial charge in [-0.3, -0.25) is 4.79 Å². The number of carbonyl (C=O) groups is 1. The molecule has 0 aromatic carbocycles. The predicted molar refractivity (Wildman–Crippen MR) is 85.8 cm³/mol. The van der Waals surface area contributed by atoms with Crippen LogP contribution in [0, 0.1) is 5.41 Å². The molecule has 0 aromatic rings. The summed E-state index contributed by atoms with van der Waals surface area (Å²) in [6, 6.07) is 0. The lowest BCUT2D eigenvalue weighted by atomic mass is 9.63. The topological polar surface area (TPSA) is 66.8 Å². The van der Waals surface area contributed by atoms with Gasteiger partial charge in [0.05, 0.1) is 11.7 Å². The second-order valence-corrected chi connectivity index (χ2v) is 7.63. The molecule has 4 atom stereocenters. The van der Waals surface area contributed by atoms with Gasteiger partial charge in [0.2, 0.25) is 0 Å². The lowest BCUT2D eigenvalue weighted by Gasteiger charge is -2.49. The fraction of sp³-hybridized carbons (Fsp3) is 0.632. The third-order valence-electron chi connectivity index (χ3n) is 6.18. The fourth-order valence-electron chi connectivity index (χ4n) is 4.82. The summed E-state index contributed by atoms with van der Waals surface area (Å²) in [5.41, 5.74) is 0.159. The van der Waals surface area contributed by atoms with Crippen LogP contribution in [0.15, 0.2) is 35.5 Å². The number of ketones is 1. The van der Waals surface area contributed by atoms with Gasteiger partial charge in [-0.15, -0.1) is 0 Å². The highest BCUT2D eigenvalue weighted by molar-refractivity contribution is 6.02. The molecule has 2 aliphatic heterocycles. The average molecular weight is 316 g/mol. The van der Waals surface area contributed by atoms with Crippen LogP contribution in [0.4, 0.5) is 0 Å². The van der Waals surface area contributed by atoms with Crippen molar-refractivity contribution in [1.29, 1.82) is 0 Å². The second-order valence-electron chi connectivity index (χ2n) is 7.63. The first-order chi connectivity index (χ1) is 11.0. The van der Waals surface area contributed by atoms with Crippen LogP contribution in [0.3, 0.4) is 0 Å². The van der Waals surface area contributed by atoms with Crippen LogP contribution in [0.5, 0.6) is 0 Å². The molecule has 1 saturated heterocycles. The van der Waals surface area contributed by atoms with Crippen molar-refractivity contribution >= 4 is 5.78 Å². The number of allylic oxidation sites excluding steroid dienone is 1. The monoisotopic (exact) mass is 316 g/mol. The van der Waals surface area contributed by atoms with E-state index in [-0.39, 0.29) is 17.8 Å². The summed E-state index contributed by atoms with van der Waals surface area (Å²) >= 11 is 0. The van der Waals surface area contributed by atoms with Gasteiger partial charge in [-0.25, -0.2) is 0 Å². The Labute approximate surface area is 136 Å². The van der Waals surface area contributed by atoms with Gasteiger partial charge >= 0.3 is 0 Å². The smallest absolute Gasteiger partial charge is 0.165 e. The number of aliphatic hydroxyl groups is 2. The molecule has 0 unspecified atom stereocenters. The molecule has 4 rings (SSSR count). The van der Waals surface area contributed by atoms with E-state index in [1.54, 1.807) is 0 Å². The van der Waals surface area contributed by atoms with Gasteiger partial charge < -0.3 is 14.9 Å². The summed E-state index contributed by atoms with van der Waals surface area (Å²) in [5, 5.41) is 19.4. The summed E-state index contributed by atoms with van der Waals surface area (Å²) < 4.78 is 6.56. The van der Waals surface area contributed by atoms with Crippen LogP contribution in [-0.2, 0) is 9.53 Å². The van der Waals surface area contributed by atoms with Crippen molar-refractivity contribution in [2.24, 2.45) is 5.41 Å². The molecule has 0 amide bonds. The third kappa shape index (κ3) is 1.92. The number of ether oxygens (including phenoxy) is 1. The molecule has 4 nitrogen and oxygen atoms in total. The first-order valence-electron chi connectivity index (χ1n) is 8.60. The minimum atomic E-state index is -0.765. The zero-order valence-corrected chi connectivity index (χ0v) is 13.5. The second kappa shape index (κ2) is 4.88. The van der Waals surface area contributed by atoms with Gasteiger partial charge in [-0.2, -0.15) is 0 Å². The zero-order valence-electron chi connectivity index (χ0n) is 13.5. The van der Waals surface area contributed by atoms with E-state index in [9.17, 15) is 9.90 Å². The third-order valence-corrected chi connectivity index (χ3v) is 6.18. The number of hydrogen-bond acceptors (Lipinski definition) is 4. The Morgan fingerprint density at radius 2 is 2.13 bits per heavy atom. The van der Waals surface area contributed by atoms with Gasteiger partial charge in [0.25, 0.3) is 0 Å². The average Bonchev–Trinajstić information content (AvgIpc) is 2.98. The maximum Gasteiger partial charge on any atom is 0.165 e. The molecule has 2 aliphatic carbocycles. The number of rotatable bonds is 4. The van der Waals surface area contributed by atoms with Crippen LogP contribution in [0.2, 0.25) is 0 Å². The van der Waals surface area contributed by atoms with Crippen molar-refractivity contribution in [3.63, 3.8) is 0 Å². The van der Waals surface area contributed by atoms with Gasteiger partial charge in [0, 0.05) is 24.0 Å². The quantitative estimate of drug-likeness (QED) is 0.616. The molecule has 1 fully saturated rings. The van der Waals surface area contributed by atoms with Crippen molar-refractivity contribution in [2.75, 3.05) is 6.61 Å². The summed E-state index contributed by atoms with van der Waals surface area (Å²) in [6.07, 6.45) is 11.8. The Balaban J connectivity index is 1.73. The number of fused-ring (bicyclic) bond motifs is 2. The first-order valence-corrected chi connectivity index (χ1v) is 8.60. The van der Waals surface area contributed by atoms with Crippen molar-refractivity contribution in [2.45, 2.75) is 62.8 Å². The first kappa shape index (κ1) is 15.3.